The number of aromatic nitrogens is 1. The summed E-state index contributed by atoms with van der Waals surface area (Å²) in [7, 11) is 0. The van der Waals surface area contributed by atoms with Gasteiger partial charge in [0.1, 0.15) is 0 Å². The van der Waals surface area contributed by atoms with E-state index in [2.05, 4.69) is 21.7 Å². The third-order valence-electron chi connectivity index (χ3n) is 4.22. The van der Waals surface area contributed by atoms with E-state index in [0.29, 0.717) is 0 Å². The Hall–Kier alpha value is -0.490. The van der Waals surface area contributed by atoms with Gasteiger partial charge in [-0.2, -0.15) is 0 Å². The number of thiazole rings is 1. The van der Waals surface area contributed by atoms with Crippen LogP contribution in [0.5, 0.6) is 0 Å². The lowest BCUT2D eigenvalue weighted by Gasteiger charge is -2.28. The van der Waals surface area contributed by atoms with Gasteiger partial charge in [0.25, 0.3) is 0 Å². The van der Waals surface area contributed by atoms with Gasteiger partial charge in [-0.1, -0.05) is 0 Å². The average molecular weight is 295 g/mol. The largest absolute Gasteiger partial charge is 0.379 e. The maximum absolute atomic E-state index is 5.38. The van der Waals surface area contributed by atoms with Crippen LogP contribution < -0.4 is 0 Å². The summed E-state index contributed by atoms with van der Waals surface area (Å²) in [6.07, 6.45) is 3.81. The monoisotopic (exact) mass is 295 g/mol. The van der Waals surface area contributed by atoms with Gasteiger partial charge in [-0.25, -0.2) is 4.98 Å². The van der Waals surface area contributed by atoms with Gasteiger partial charge in [-0.15, -0.1) is 11.3 Å². The van der Waals surface area contributed by atoms with Crippen LogP contribution in [0.15, 0.2) is 0 Å². The summed E-state index contributed by atoms with van der Waals surface area (Å²) in [6.45, 7) is 10.9. The van der Waals surface area contributed by atoms with E-state index in [-0.39, 0.29) is 0 Å². The van der Waals surface area contributed by atoms with Crippen LogP contribution in [-0.4, -0.2) is 60.7 Å². The molecule has 1 fully saturated rings. The van der Waals surface area contributed by atoms with E-state index in [1.165, 1.54) is 54.5 Å². The molecular weight excluding hydrogens is 270 g/mol. The van der Waals surface area contributed by atoms with E-state index in [1.807, 2.05) is 11.3 Å². The molecule has 0 atom stereocenters. The van der Waals surface area contributed by atoms with Crippen LogP contribution in [-0.2, 0) is 17.7 Å². The summed E-state index contributed by atoms with van der Waals surface area (Å²) >= 11 is 1.88. The van der Waals surface area contributed by atoms with E-state index < -0.39 is 0 Å². The van der Waals surface area contributed by atoms with Crippen LogP contribution in [0.4, 0.5) is 0 Å². The first kappa shape index (κ1) is 14.4. The van der Waals surface area contributed by atoms with E-state index in [1.54, 1.807) is 0 Å². The molecule has 0 aliphatic carbocycles. The van der Waals surface area contributed by atoms with Crippen molar-refractivity contribution < 1.29 is 4.74 Å². The topological polar surface area (TPSA) is 28.6 Å². The summed E-state index contributed by atoms with van der Waals surface area (Å²) in [5.41, 5.74) is 1.34. The summed E-state index contributed by atoms with van der Waals surface area (Å²) in [6, 6.07) is 0. The van der Waals surface area contributed by atoms with Crippen LogP contribution in [0.25, 0.3) is 0 Å². The van der Waals surface area contributed by atoms with Crippen molar-refractivity contribution in [2.75, 3.05) is 45.9 Å². The standard InChI is InChI=1S/C15H25N3OS/c1-13-16-14-12-18(7-4-15(14)20-13)6-3-2-5-17-8-10-19-11-9-17/h2-12H2,1H3. The molecule has 5 heteroatoms. The van der Waals surface area contributed by atoms with Crippen molar-refractivity contribution in [1.82, 2.24) is 14.8 Å². The average Bonchev–Trinajstić information content (AvgIpc) is 2.84. The molecule has 0 unspecified atom stereocenters. The third-order valence-corrected chi connectivity index (χ3v) is 5.29. The first-order valence-corrected chi connectivity index (χ1v) is 8.60. The van der Waals surface area contributed by atoms with Crippen LogP contribution in [0, 0.1) is 6.92 Å². The van der Waals surface area contributed by atoms with Gasteiger partial charge in [0.2, 0.25) is 0 Å². The van der Waals surface area contributed by atoms with Crippen LogP contribution in [0.3, 0.4) is 0 Å². The maximum atomic E-state index is 5.38. The fourth-order valence-electron chi connectivity index (χ4n) is 3.07. The first-order chi connectivity index (χ1) is 9.81. The summed E-state index contributed by atoms with van der Waals surface area (Å²) in [4.78, 5) is 11.3. The predicted octanol–water partition coefficient (Wildman–Crippen LogP) is 1.92. The minimum Gasteiger partial charge on any atom is -0.379 e. The van der Waals surface area contributed by atoms with Gasteiger partial charge in [-0.05, 0) is 39.3 Å². The summed E-state index contributed by atoms with van der Waals surface area (Å²) in [5.74, 6) is 0. The molecule has 0 amide bonds. The molecular formula is C15H25N3OS. The molecule has 2 aliphatic rings. The molecule has 0 bridgehead atoms. The van der Waals surface area contributed by atoms with Gasteiger partial charge in [0, 0.05) is 31.1 Å². The van der Waals surface area contributed by atoms with Gasteiger partial charge >= 0.3 is 0 Å². The molecule has 20 heavy (non-hydrogen) atoms. The number of hydrogen-bond acceptors (Lipinski definition) is 5. The lowest BCUT2D eigenvalue weighted by Crippen LogP contribution is -2.37. The summed E-state index contributed by atoms with van der Waals surface area (Å²) in [5, 5.41) is 1.23. The van der Waals surface area contributed by atoms with E-state index in [9.17, 15) is 0 Å². The number of unbranched alkanes of at least 4 members (excludes halogenated alkanes) is 1. The molecule has 0 spiro atoms. The molecule has 0 N–H and O–H groups in total. The third kappa shape index (κ3) is 3.79. The lowest BCUT2D eigenvalue weighted by atomic mass is 10.1. The molecule has 3 rings (SSSR count). The smallest absolute Gasteiger partial charge is 0.0900 e. The number of fused-ring (bicyclic) bond motifs is 1. The fraction of sp³-hybridized carbons (Fsp3) is 0.800. The number of aryl methyl sites for hydroxylation is 1. The van der Waals surface area contributed by atoms with Gasteiger partial charge in [0.15, 0.2) is 0 Å². The zero-order chi connectivity index (χ0) is 13.8. The molecule has 1 aromatic heterocycles. The second kappa shape index (κ2) is 6.98. The number of hydrogen-bond donors (Lipinski definition) is 0. The molecule has 0 saturated carbocycles. The molecule has 0 aromatic carbocycles. The van der Waals surface area contributed by atoms with Crippen LogP contribution >= 0.6 is 11.3 Å². The number of morpholine rings is 1. The molecule has 0 radical (unpaired) electrons. The van der Waals surface area contributed by atoms with Crippen molar-refractivity contribution in [2.45, 2.75) is 32.7 Å². The Morgan fingerprint density at radius 2 is 1.85 bits per heavy atom. The van der Waals surface area contributed by atoms with E-state index in [4.69, 9.17) is 4.74 Å². The van der Waals surface area contributed by atoms with Crippen molar-refractivity contribution in [1.29, 1.82) is 0 Å². The molecule has 2 aliphatic heterocycles. The highest BCUT2D eigenvalue weighted by molar-refractivity contribution is 7.11. The molecule has 112 valence electrons. The van der Waals surface area contributed by atoms with Gasteiger partial charge < -0.3 is 4.74 Å². The summed E-state index contributed by atoms with van der Waals surface area (Å²) < 4.78 is 5.38. The molecule has 1 saturated heterocycles. The highest BCUT2D eigenvalue weighted by Gasteiger charge is 2.19. The lowest BCUT2D eigenvalue weighted by molar-refractivity contribution is 0.0368. The van der Waals surface area contributed by atoms with Crippen molar-refractivity contribution in [3.05, 3.63) is 15.6 Å². The minimum atomic E-state index is 0.915. The second-order valence-corrected chi connectivity index (χ2v) is 7.08. The Balaban J connectivity index is 1.35. The fourth-order valence-corrected chi connectivity index (χ4v) is 4.00. The van der Waals surface area contributed by atoms with Crippen molar-refractivity contribution in [3.63, 3.8) is 0 Å². The second-order valence-electron chi connectivity index (χ2n) is 5.79. The van der Waals surface area contributed by atoms with Gasteiger partial charge in [0.05, 0.1) is 23.9 Å². The molecule has 3 heterocycles. The highest BCUT2D eigenvalue weighted by atomic mass is 32.1. The Morgan fingerprint density at radius 1 is 1.10 bits per heavy atom. The maximum Gasteiger partial charge on any atom is 0.0900 e. The Bertz CT molecular complexity index is 429. The quantitative estimate of drug-likeness (QED) is 0.776. The van der Waals surface area contributed by atoms with Crippen LogP contribution in [0.2, 0.25) is 0 Å². The van der Waals surface area contributed by atoms with Crippen LogP contribution in [0.1, 0.15) is 28.4 Å². The van der Waals surface area contributed by atoms with Crippen molar-refractivity contribution in [3.8, 4) is 0 Å². The normalized spacial score (nSPS) is 21.1. The Kier molecular flexibility index (Phi) is 5.04. The Labute approximate surface area is 125 Å². The van der Waals surface area contributed by atoms with Gasteiger partial charge in [-0.3, -0.25) is 9.80 Å². The van der Waals surface area contributed by atoms with E-state index in [0.717, 1.165) is 32.8 Å². The predicted molar refractivity (Wildman–Crippen MR) is 82.3 cm³/mol. The molecule has 1 aromatic rings. The van der Waals surface area contributed by atoms with E-state index >= 15 is 0 Å². The highest BCUT2D eigenvalue weighted by Crippen LogP contribution is 2.24. The zero-order valence-electron chi connectivity index (χ0n) is 12.4. The number of rotatable bonds is 5. The minimum absolute atomic E-state index is 0.915. The SMILES string of the molecule is Cc1nc2c(s1)CCN(CCCCN1CCOCC1)C2. The molecule has 4 nitrogen and oxygen atoms in total. The van der Waals surface area contributed by atoms with Crippen molar-refractivity contribution in [2.24, 2.45) is 0 Å². The Morgan fingerprint density at radius 3 is 2.65 bits per heavy atom. The van der Waals surface area contributed by atoms with Crippen molar-refractivity contribution >= 4 is 11.3 Å². The number of ether oxygens (including phenoxy) is 1. The zero-order valence-corrected chi connectivity index (χ0v) is 13.3. The first-order valence-electron chi connectivity index (χ1n) is 7.79. The number of nitrogens with zero attached hydrogens (tertiary/aromatic N) is 3.